The van der Waals surface area contributed by atoms with E-state index < -0.39 is 0 Å². The first-order valence-corrected chi connectivity index (χ1v) is 8.29. The number of nitrogens with zero attached hydrogens (tertiary/aromatic N) is 4. The molecule has 0 aliphatic heterocycles. The number of hydrogen-bond acceptors (Lipinski definition) is 4. The Morgan fingerprint density at radius 3 is 2.28 bits per heavy atom. The van der Waals surface area contributed by atoms with Crippen LogP contribution in [0.15, 0.2) is 53.5 Å². The third-order valence-corrected chi connectivity index (χ3v) is 4.38. The fraction of sp³-hybridized carbons (Fsp3) is 0.250. The predicted octanol–water partition coefficient (Wildman–Crippen LogP) is 4.68. The zero-order valence-corrected chi connectivity index (χ0v) is 14.8. The Bertz CT molecular complexity index is 1020. The Balaban J connectivity index is 1.77. The SMILES string of the molecule is Cc1cc(-n2cnnc2)cc2nc(-c3ccc(C(C)(C)C)cc3)oc12. The maximum atomic E-state index is 6.03. The molecule has 0 saturated heterocycles. The van der Waals surface area contributed by atoms with Crippen LogP contribution >= 0.6 is 0 Å². The largest absolute Gasteiger partial charge is 0.436 e. The van der Waals surface area contributed by atoms with E-state index in [-0.39, 0.29) is 5.41 Å². The van der Waals surface area contributed by atoms with Gasteiger partial charge < -0.3 is 4.42 Å². The summed E-state index contributed by atoms with van der Waals surface area (Å²) in [5.41, 5.74) is 6.05. The van der Waals surface area contributed by atoms with Crippen molar-refractivity contribution in [3.8, 4) is 17.1 Å². The van der Waals surface area contributed by atoms with E-state index in [1.807, 2.05) is 23.6 Å². The van der Waals surface area contributed by atoms with Crippen LogP contribution in [0.5, 0.6) is 0 Å². The van der Waals surface area contributed by atoms with Crippen molar-refractivity contribution in [2.45, 2.75) is 33.1 Å². The first kappa shape index (κ1) is 15.6. The van der Waals surface area contributed by atoms with Crippen molar-refractivity contribution in [1.82, 2.24) is 19.7 Å². The van der Waals surface area contributed by atoms with E-state index >= 15 is 0 Å². The van der Waals surface area contributed by atoms with Crippen LogP contribution in [0.25, 0.3) is 28.2 Å². The van der Waals surface area contributed by atoms with Crippen LogP contribution in [0.3, 0.4) is 0 Å². The van der Waals surface area contributed by atoms with E-state index in [0.717, 1.165) is 27.9 Å². The molecule has 0 unspecified atom stereocenters. The molecule has 0 spiro atoms. The van der Waals surface area contributed by atoms with Gasteiger partial charge in [0.25, 0.3) is 0 Å². The molecule has 0 saturated carbocycles. The summed E-state index contributed by atoms with van der Waals surface area (Å²) in [6, 6.07) is 12.5. The lowest BCUT2D eigenvalue weighted by atomic mass is 9.87. The van der Waals surface area contributed by atoms with Gasteiger partial charge in [0, 0.05) is 5.56 Å². The Morgan fingerprint density at radius 2 is 1.64 bits per heavy atom. The number of aryl methyl sites for hydroxylation is 1. The fourth-order valence-corrected chi connectivity index (χ4v) is 2.90. The van der Waals surface area contributed by atoms with Crippen LogP contribution in [0.4, 0.5) is 0 Å². The van der Waals surface area contributed by atoms with Gasteiger partial charge in [-0.3, -0.25) is 4.57 Å². The average molecular weight is 332 g/mol. The summed E-state index contributed by atoms with van der Waals surface area (Å²) in [6.07, 6.45) is 3.35. The Kier molecular flexibility index (Phi) is 3.46. The maximum absolute atomic E-state index is 6.03. The number of benzene rings is 2. The molecule has 4 rings (SSSR count). The van der Waals surface area contributed by atoms with Gasteiger partial charge in [-0.05, 0) is 47.7 Å². The molecule has 126 valence electrons. The van der Waals surface area contributed by atoms with Gasteiger partial charge in [-0.15, -0.1) is 10.2 Å². The zero-order chi connectivity index (χ0) is 17.6. The van der Waals surface area contributed by atoms with Gasteiger partial charge >= 0.3 is 0 Å². The summed E-state index contributed by atoms with van der Waals surface area (Å²) < 4.78 is 7.89. The van der Waals surface area contributed by atoms with E-state index in [1.165, 1.54) is 5.56 Å². The lowest BCUT2D eigenvalue weighted by Gasteiger charge is -2.18. The average Bonchev–Trinajstić information content (AvgIpc) is 3.24. The Hall–Kier alpha value is -2.95. The molecule has 4 aromatic rings. The van der Waals surface area contributed by atoms with E-state index in [9.17, 15) is 0 Å². The number of fused-ring (bicyclic) bond motifs is 1. The van der Waals surface area contributed by atoms with Crippen LogP contribution in [0.1, 0.15) is 31.9 Å². The van der Waals surface area contributed by atoms with Crippen molar-refractivity contribution in [2.24, 2.45) is 0 Å². The second kappa shape index (κ2) is 5.55. The summed E-state index contributed by atoms with van der Waals surface area (Å²) in [6.45, 7) is 8.64. The number of rotatable bonds is 2. The van der Waals surface area contributed by atoms with Crippen LogP contribution in [-0.2, 0) is 5.41 Å². The lowest BCUT2D eigenvalue weighted by Crippen LogP contribution is -2.10. The highest BCUT2D eigenvalue weighted by atomic mass is 16.3. The smallest absolute Gasteiger partial charge is 0.227 e. The lowest BCUT2D eigenvalue weighted by molar-refractivity contribution is 0.589. The third kappa shape index (κ3) is 2.82. The molecule has 0 N–H and O–H groups in total. The Labute approximate surface area is 146 Å². The first-order valence-electron chi connectivity index (χ1n) is 8.29. The van der Waals surface area contributed by atoms with Crippen LogP contribution in [0, 0.1) is 6.92 Å². The van der Waals surface area contributed by atoms with Gasteiger partial charge in [-0.2, -0.15) is 0 Å². The van der Waals surface area contributed by atoms with Crippen molar-refractivity contribution in [2.75, 3.05) is 0 Å². The topological polar surface area (TPSA) is 56.7 Å². The third-order valence-electron chi connectivity index (χ3n) is 4.38. The molecular weight excluding hydrogens is 312 g/mol. The highest BCUT2D eigenvalue weighted by Gasteiger charge is 2.15. The molecule has 0 aliphatic rings. The quantitative estimate of drug-likeness (QED) is 0.535. The van der Waals surface area contributed by atoms with Gasteiger partial charge in [0.2, 0.25) is 5.89 Å². The van der Waals surface area contributed by atoms with Crippen molar-refractivity contribution in [3.63, 3.8) is 0 Å². The standard InChI is InChI=1S/C20H20N4O/c1-13-9-16(24-11-21-22-12-24)10-17-18(13)25-19(23-17)14-5-7-15(8-6-14)20(2,3)4/h5-12H,1-4H3. The molecule has 2 aromatic carbocycles. The molecule has 5 nitrogen and oxygen atoms in total. The van der Waals surface area contributed by atoms with Gasteiger partial charge in [0.15, 0.2) is 5.58 Å². The van der Waals surface area contributed by atoms with Crippen LogP contribution in [-0.4, -0.2) is 19.7 Å². The van der Waals surface area contributed by atoms with E-state index in [1.54, 1.807) is 12.7 Å². The van der Waals surface area contributed by atoms with Crippen molar-refractivity contribution < 1.29 is 4.42 Å². The molecule has 0 amide bonds. The first-order chi connectivity index (χ1) is 11.9. The van der Waals surface area contributed by atoms with Crippen LogP contribution < -0.4 is 0 Å². The van der Waals surface area contributed by atoms with E-state index in [2.05, 4.69) is 60.2 Å². The molecule has 0 bridgehead atoms. The molecule has 0 fully saturated rings. The van der Waals surface area contributed by atoms with E-state index in [0.29, 0.717) is 5.89 Å². The monoisotopic (exact) mass is 332 g/mol. The predicted molar refractivity (Wildman–Crippen MR) is 97.8 cm³/mol. The van der Waals surface area contributed by atoms with Gasteiger partial charge in [-0.25, -0.2) is 4.98 Å². The second-order valence-electron chi connectivity index (χ2n) is 7.33. The second-order valence-corrected chi connectivity index (χ2v) is 7.33. The molecule has 0 radical (unpaired) electrons. The summed E-state index contributed by atoms with van der Waals surface area (Å²) in [7, 11) is 0. The van der Waals surface area contributed by atoms with Crippen LogP contribution in [0.2, 0.25) is 0 Å². The fourth-order valence-electron chi connectivity index (χ4n) is 2.90. The summed E-state index contributed by atoms with van der Waals surface area (Å²) in [5, 5.41) is 7.72. The molecular formula is C20H20N4O. The molecule has 0 atom stereocenters. The highest BCUT2D eigenvalue weighted by molar-refractivity contribution is 5.81. The van der Waals surface area contributed by atoms with Gasteiger partial charge in [0.1, 0.15) is 18.2 Å². The maximum Gasteiger partial charge on any atom is 0.227 e. The number of oxazole rings is 1. The molecule has 25 heavy (non-hydrogen) atoms. The Morgan fingerprint density at radius 1 is 0.960 bits per heavy atom. The van der Waals surface area contributed by atoms with Gasteiger partial charge in [-0.1, -0.05) is 32.9 Å². The normalized spacial score (nSPS) is 12.0. The minimum absolute atomic E-state index is 0.129. The molecule has 0 aliphatic carbocycles. The summed E-state index contributed by atoms with van der Waals surface area (Å²) >= 11 is 0. The van der Waals surface area contributed by atoms with E-state index in [4.69, 9.17) is 4.42 Å². The summed E-state index contributed by atoms with van der Waals surface area (Å²) in [5.74, 6) is 0.638. The zero-order valence-electron chi connectivity index (χ0n) is 14.8. The summed E-state index contributed by atoms with van der Waals surface area (Å²) in [4.78, 5) is 4.69. The molecule has 2 aromatic heterocycles. The molecule has 2 heterocycles. The minimum Gasteiger partial charge on any atom is -0.436 e. The van der Waals surface area contributed by atoms with Crippen molar-refractivity contribution in [3.05, 3.63) is 60.2 Å². The van der Waals surface area contributed by atoms with Gasteiger partial charge in [0.05, 0.1) is 5.69 Å². The molecule has 5 heteroatoms. The minimum atomic E-state index is 0.129. The van der Waals surface area contributed by atoms with Crippen molar-refractivity contribution >= 4 is 11.1 Å². The number of hydrogen-bond donors (Lipinski definition) is 0. The van der Waals surface area contributed by atoms with Crippen molar-refractivity contribution in [1.29, 1.82) is 0 Å². The number of aromatic nitrogens is 4. The highest BCUT2D eigenvalue weighted by Crippen LogP contribution is 2.30.